The molecule has 4 rings (SSSR count). The summed E-state index contributed by atoms with van der Waals surface area (Å²) in [5.74, 6) is 0.690. The maximum Gasteiger partial charge on any atom is 0.241 e. The Morgan fingerprint density at radius 1 is 1.21 bits per heavy atom. The number of nitrogens with zero attached hydrogens (tertiary/aromatic N) is 3. The SMILES string of the molecule is O=C(CN1CCCC(c2ccn[nH]2)C1)N1CCCc2ccccc21. The molecule has 0 bridgehead atoms. The molecule has 1 saturated heterocycles. The summed E-state index contributed by atoms with van der Waals surface area (Å²) < 4.78 is 0. The van der Waals surface area contributed by atoms with Crippen molar-refractivity contribution in [3.05, 3.63) is 47.8 Å². The van der Waals surface area contributed by atoms with E-state index in [1.54, 1.807) is 0 Å². The van der Waals surface area contributed by atoms with Crippen molar-refractivity contribution in [3.63, 3.8) is 0 Å². The van der Waals surface area contributed by atoms with Crippen molar-refractivity contribution in [2.45, 2.75) is 31.6 Å². The summed E-state index contributed by atoms with van der Waals surface area (Å²) in [7, 11) is 0. The minimum absolute atomic E-state index is 0.229. The van der Waals surface area contributed by atoms with Crippen LogP contribution in [0, 0.1) is 0 Å². The molecule has 3 heterocycles. The van der Waals surface area contributed by atoms with Gasteiger partial charge in [0.2, 0.25) is 5.91 Å². The van der Waals surface area contributed by atoms with Crippen molar-refractivity contribution in [1.29, 1.82) is 0 Å². The molecule has 24 heavy (non-hydrogen) atoms. The smallest absolute Gasteiger partial charge is 0.241 e. The summed E-state index contributed by atoms with van der Waals surface area (Å²) >= 11 is 0. The number of piperidine rings is 1. The highest BCUT2D eigenvalue weighted by Gasteiger charge is 2.27. The molecule has 2 aliphatic rings. The van der Waals surface area contributed by atoms with Gasteiger partial charge in [-0.05, 0) is 49.9 Å². The second kappa shape index (κ2) is 6.77. The molecule has 1 aromatic heterocycles. The number of anilines is 1. The van der Waals surface area contributed by atoms with Gasteiger partial charge in [0.05, 0.1) is 6.54 Å². The lowest BCUT2D eigenvalue weighted by Crippen LogP contribution is -2.45. The van der Waals surface area contributed by atoms with Crippen molar-refractivity contribution in [2.24, 2.45) is 0 Å². The van der Waals surface area contributed by atoms with E-state index in [1.807, 2.05) is 17.2 Å². The summed E-state index contributed by atoms with van der Waals surface area (Å²) in [5.41, 5.74) is 3.59. The highest BCUT2D eigenvalue weighted by Crippen LogP contribution is 2.28. The number of likely N-dealkylation sites (tertiary alicyclic amines) is 1. The Labute approximate surface area is 142 Å². The fraction of sp³-hybridized carbons (Fsp3) is 0.474. The molecule has 2 aromatic rings. The number of H-pyrrole nitrogens is 1. The van der Waals surface area contributed by atoms with Gasteiger partial charge in [0.1, 0.15) is 0 Å². The lowest BCUT2D eigenvalue weighted by Gasteiger charge is -2.35. The topological polar surface area (TPSA) is 52.2 Å². The van der Waals surface area contributed by atoms with E-state index < -0.39 is 0 Å². The van der Waals surface area contributed by atoms with E-state index in [1.165, 1.54) is 17.7 Å². The second-order valence-corrected chi connectivity index (χ2v) is 6.86. The fourth-order valence-electron chi connectivity index (χ4n) is 4.02. The Bertz CT molecular complexity index is 697. The van der Waals surface area contributed by atoms with E-state index in [2.05, 4.69) is 39.4 Å². The molecule has 1 aromatic carbocycles. The number of aromatic amines is 1. The molecule has 0 spiro atoms. The third kappa shape index (κ3) is 3.08. The number of rotatable bonds is 3. The number of benzene rings is 1. The summed E-state index contributed by atoms with van der Waals surface area (Å²) in [6, 6.07) is 10.4. The average Bonchev–Trinajstić information content (AvgIpc) is 3.16. The second-order valence-electron chi connectivity index (χ2n) is 6.86. The van der Waals surface area contributed by atoms with Gasteiger partial charge in [0.15, 0.2) is 0 Å². The summed E-state index contributed by atoms with van der Waals surface area (Å²) in [5, 5.41) is 7.15. The molecular formula is C19H24N4O. The number of carbonyl (C=O) groups is 1. The predicted octanol–water partition coefficient (Wildman–Crippen LogP) is 2.57. The molecule has 1 amide bonds. The van der Waals surface area contributed by atoms with Crippen LogP contribution in [0.25, 0.3) is 0 Å². The maximum atomic E-state index is 12.9. The van der Waals surface area contributed by atoms with Gasteiger partial charge in [-0.1, -0.05) is 18.2 Å². The molecule has 1 atom stereocenters. The Morgan fingerprint density at radius 2 is 2.12 bits per heavy atom. The predicted molar refractivity (Wildman–Crippen MR) is 94.1 cm³/mol. The van der Waals surface area contributed by atoms with Gasteiger partial charge in [0.25, 0.3) is 0 Å². The molecular weight excluding hydrogens is 300 g/mol. The Kier molecular flexibility index (Phi) is 4.34. The van der Waals surface area contributed by atoms with Crippen LogP contribution in [0.2, 0.25) is 0 Å². The molecule has 0 radical (unpaired) electrons. The zero-order valence-corrected chi connectivity index (χ0v) is 13.9. The van der Waals surface area contributed by atoms with Gasteiger partial charge in [-0.25, -0.2) is 0 Å². The average molecular weight is 324 g/mol. The summed E-state index contributed by atoms with van der Waals surface area (Å²) in [6.07, 6.45) is 6.24. The highest BCUT2D eigenvalue weighted by molar-refractivity contribution is 5.95. The van der Waals surface area contributed by atoms with E-state index in [-0.39, 0.29) is 5.91 Å². The number of fused-ring (bicyclic) bond motifs is 1. The van der Waals surface area contributed by atoms with Crippen LogP contribution in [0.15, 0.2) is 36.5 Å². The van der Waals surface area contributed by atoms with E-state index >= 15 is 0 Å². The normalized spacial score (nSPS) is 21.5. The van der Waals surface area contributed by atoms with Crippen LogP contribution < -0.4 is 4.90 Å². The zero-order valence-electron chi connectivity index (χ0n) is 13.9. The Morgan fingerprint density at radius 3 is 3.00 bits per heavy atom. The van der Waals surface area contributed by atoms with Gasteiger partial charge < -0.3 is 4.90 Å². The number of hydrogen-bond donors (Lipinski definition) is 1. The van der Waals surface area contributed by atoms with Gasteiger partial charge in [-0.15, -0.1) is 0 Å². The fourth-order valence-corrected chi connectivity index (χ4v) is 4.02. The quantitative estimate of drug-likeness (QED) is 0.944. The molecule has 0 aliphatic carbocycles. The Hall–Kier alpha value is -2.14. The number of nitrogens with one attached hydrogen (secondary N) is 1. The van der Waals surface area contributed by atoms with E-state index in [0.717, 1.165) is 44.6 Å². The first-order chi connectivity index (χ1) is 11.8. The maximum absolute atomic E-state index is 12.9. The van der Waals surface area contributed by atoms with Crippen LogP contribution >= 0.6 is 0 Å². The molecule has 1 fully saturated rings. The van der Waals surface area contributed by atoms with Crippen LogP contribution in [0.3, 0.4) is 0 Å². The summed E-state index contributed by atoms with van der Waals surface area (Å²) in [6.45, 7) is 3.29. The van der Waals surface area contributed by atoms with Gasteiger partial charge in [-0.2, -0.15) is 5.10 Å². The minimum atomic E-state index is 0.229. The monoisotopic (exact) mass is 324 g/mol. The first kappa shape index (κ1) is 15.4. The standard InChI is InChI=1S/C19H24N4O/c24-19(23-12-4-6-15-5-1-2-8-18(15)23)14-22-11-3-7-16(13-22)17-9-10-20-21-17/h1-2,5,8-10,16H,3-4,6-7,11-14H2,(H,20,21). The molecule has 5 heteroatoms. The number of carbonyl (C=O) groups excluding carboxylic acids is 1. The molecule has 5 nitrogen and oxygen atoms in total. The van der Waals surface area contributed by atoms with Crippen molar-refractivity contribution < 1.29 is 4.79 Å². The van der Waals surface area contributed by atoms with Gasteiger partial charge in [0, 0.05) is 36.6 Å². The van der Waals surface area contributed by atoms with Crippen LogP contribution in [-0.2, 0) is 11.2 Å². The van der Waals surface area contributed by atoms with E-state index in [9.17, 15) is 4.79 Å². The molecule has 1 unspecified atom stereocenters. The van der Waals surface area contributed by atoms with Crippen molar-refractivity contribution in [1.82, 2.24) is 15.1 Å². The number of para-hydroxylation sites is 1. The molecule has 126 valence electrons. The summed E-state index contributed by atoms with van der Waals surface area (Å²) in [4.78, 5) is 17.2. The van der Waals surface area contributed by atoms with Crippen LogP contribution in [0.4, 0.5) is 5.69 Å². The first-order valence-electron chi connectivity index (χ1n) is 8.91. The number of hydrogen-bond acceptors (Lipinski definition) is 3. The third-order valence-corrected chi connectivity index (χ3v) is 5.24. The molecule has 0 saturated carbocycles. The minimum Gasteiger partial charge on any atom is -0.311 e. The lowest BCUT2D eigenvalue weighted by atomic mass is 9.95. The number of amides is 1. The number of aryl methyl sites for hydroxylation is 1. The Balaban J connectivity index is 1.43. The largest absolute Gasteiger partial charge is 0.311 e. The highest BCUT2D eigenvalue weighted by atomic mass is 16.2. The van der Waals surface area contributed by atoms with Gasteiger partial charge >= 0.3 is 0 Å². The van der Waals surface area contributed by atoms with Crippen LogP contribution in [0.5, 0.6) is 0 Å². The van der Waals surface area contributed by atoms with Crippen molar-refractivity contribution in [3.8, 4) is 0 Å². The molecule has 1 N–H and O–H groups in total. The lowest BCUT2D eigenvalue weighted by molar-refractivity contribution is -0.120. The van der Waals surface area contributed by atoms with Crippen molar-refractivity contribution >= 4 is 11.6 Å². The molecule has 2 aliphatic heterocycles. The van der Waals surface area contributed by atoms with E-state index in [4.69, 9.17) is 0 Å². The van der Waals surface area contributed by atoms with Crippen LogP contribution in [0.1, 0.15) is 36.4 Å². The first-order valence-corrected chi connectivity index (χ1v) is 8.91. The number of aromatic nitrogens is 2. The van der Waals surface area contributed by atoms with E-state index in [0.29, 0.717) is 12.5 Å². The third-order valence-electron chi connectivity index (χ3n) is 5.24. The zero-order chi connectivity index (χ0) is 16.4. The van der Waals surface area contributed by atoms with Gasteiger partial charge in [-0.3, -0.25) is 14.8 Å². The van der Waals surface area contributed by atoms with Crippen LogP contribution in [-0.4, -0.2) is 47.2 Å². The van der Waals surface area contributed by atoms with Crippen molar-refractivity contribution in [2.75, 3.05) is 31.1 Å².